The summed E-state index contributed by atoms with van der Waals surface area (Å²) in [7, 11) is 0. The van der Waals surface area contributed by atoms with Crippen molar-refractivity contribution in [2.45, 2.75) is 20.3 Å². The molecule has 5 rings (SSSR count). The van der Waals surface area contributed by atoms with Crippen LogP contribution in [0.25, 0.3) is 32.0 Å². The highest BCUT2D eigenvalue weighted by Gasteiger charge is 2.20. The van der Waals surface area contributed by atoms with E-state index >= 15 is 0 Å². The van der Waals surface area contributed by atoms with E-state index in [0.29, 0.717) is 0 Å². The van der Waals surface area contributed by atoms with Crippen molar-refractivity contribution in [2.24, 2.45) is 0 Å². The zero-order valence-electron chi connectivity index (χ0n) is 16.6. The van der Waals surface area contributed by atoms with E-state index in [9.17, 15) is 0 Å². The van der Waals surface area contributed by atoms with Crippen LogP contribution < -0.4 is 0 Å². The molecule has 0 bridgehead atoms. The first kappa shape index (κ1) is 18.4. The number of thiophene rings is 2. The average molecular weight is 411 g/mol. The van der Waals surface area contributed by atoms with E-state index < -0.39 is 0 Å². The smallest absolute Gasteiger partial charge is 0.0351 e. The second-order valence-corrected chi connectivity index (χ2v) is 9.90. The highest BCUT2D eigenvalue weighted by molar-refractivity contribution is 7.16. The molecule has 1 aliphatic rings. The largest absolute Gasteiger partial charge is 0.140 e. The number of rotatable bonds is 4. The SMILES string of the molecule is Cc1sc(-c2ccccc2)cc1C1=C(c2cc(-c3ccccc3)sc2C)CC=C1. The maximum absolute atomic E-state index is 2.39. The van der Waals surface area contributed by atoms with Crippen molar-refractivity contribution in [1.29, 1.82) is 0 Å². The summed E-state index contributed by atoms with van der Waals surface area (Å²) >= 11 is 3.79. The molecular weight excluding hydrogens is 388 g/mol. The van der Waals surface area contributed by atoms with Crippen molar-refractivity contribution in [3.8, 4) is 20.9 Å². The maximum Gasteiger partial charge on any atom is 0.0351 e. The van der Waals surface area contributed by atoms with Crippen molar-refractivity contribution < 1.29 is 0 Å². The molecule has 2 aromatic heterocycles. The second kappa shape index (κ2) is 7.62. The lowest BCUT2D eigenvalue weighted by molar-refractivity contribution is 1.42. The fourth-order valence-corrected chi connectivity index (χ4v) is 6.13. The van der Waals surface area contributed by atoms with Crippen molar-refractivity contribution >= 4 is 33.8 Å². The summed E-state index contributed by atoms with van der Waals surface area (Å²) in [6.07, 6.45) is 5.64. The van der Waals surface area contributed by atoms with Gasteiger partial charge in [-0.2, -0.15) is 0 Å². The van der Waals surface area contributed by atoms with Crippen LogP contribution in [0.1, 0.15) is 27.3 Å². The summed E-state index contributed by atoms with van der Waals surface area (Å²) in [5, 5.41) is 0. The maximum atomic E-state index is 2.39. The first-order valence-corrected chi connectivity index (χ1v) is 11.6. The number of hydrogen-bond acceptors (Lipinski definition) is 2. The number of benzene rings is 2. The zero-order valence-corrected chi connectivity index (χ0v) is 18.2. The van der Waals surface area contributed by atoms with E-state index in [1.54, 1.807) is 0 Å². The van der Waals surface area contributed by atoms with Gasteiger partial charge in [0.15, 0.2) is 0 Å². The minimum Gasteiger partial charge on any atom is -0.140 e. The van der Waals surface area contributed by atoms with Crippen LogP contribution in [0.5, 0.6) is 0 Å². The molecule has 0 spiro atoms. The molecule has 4 aromatic rings. The summed E-state index contributed by atoms with van der Waals surface area (Å²) in [4.78, 5) is 5.48. The molecule has 0 amide bonds. The van der Waals surface area contributed by atoms with Gasteiger partial charge in [-0.05, 0) is 65.8 Å². The molecule has 29 heavy (non-hydrogen) atoms. The van der Waals surface area contributed by atoms with E-state index in [4.69, 9.17) is 0 Å². The Morgan fingerprint density at radius 2 is 1.17 bits per heavy atom. The van der Waals surface area contributed by atoms with Gasteiger partial charge in [-0.1, -0.05) is 72.8 Å². The third-order valence-corrected chi connectivity index (χ3v) is 7.70. The van der Waals surface area contributed by atoms with Crippen LogP contribution in [0, 0.1) is 13.8 Å². The second-order valence-electron chi connectivity index (χ2n) is 7.39. The van der Waals surface area contributed by atoms with Crippen LogP contribution in [0.4, 0.5) is 0 Å². The van der Waals surface area contributed by atoms with Gasteiger partial charge >= 0.3 is 0 Å². The quantitative estimate of drug-likeness (QED) is 0.316. The summed E-state index contributed by atoms with van der Waals surface area (Å²) in [6.45, 7) is 4.50. The molecule has 2 heteroatoms. The molecule has 2 aromatic carbocycles. The molecule has 1 aliphatic carbocycles. The lowest BCUT2D eigenvalue weighted by Gasteiger charge is -2.07. The fraction of sp³-hybridized carbons (Fsp3) is 0.111. The van der Waals surface area contributed by atoms with E-state index in [1.807, 2.05) is 22.7 Å². The van der Waals surface area contributed by atoms with Crippen LogP contribution in [-0.2, 0) is 0 Å². The lowest BCUT2D eigenvalue weighted by Crippen LogP contribution is -1.86. The molecule has 0 saturated heterocycles. The van der Waals surface area contributed by atoms with Gasteiger partial charge in [0.2, 0.25) is 0 Å². The van der Waals surface area contributed by atoms with Crippen LogP contribution in [-0.4, -0.2) is 0 Å². The zero-order chi connectivity index (χ0) is 19.8. The molecular formula is C27H22S2. The van der Waals surface area contributed by atoms with Gasteiger partial charge in [0.1, 0.15) is 0 Å². The van der Waals surface area contributed by atoms with E-state index in [-0.39, 0.29) is 0 Å². The number of allylic oxidation sites excluding steroid dienone is 4. The first-order valence-electron chi connectivity index (χ1n) is 9.93. The van der Waals surface area contributed by atoms with Crippen LogP contribution >= 0.6 is 22.7 Å². The molecule has 0 radical (unpaired) electrons. The summed E-state index contributed by atoms with van der Waals surface area (Å²) < 4.78 is 0. The monoisotopic (exact) mass is 410 g/mol. The standard InChI is InChI=1S/C27H22S2/c1-18-24(16-26(28-18)20-10-5-3-6-11-20)22-14-9-15-23(22)25-17-27(29-19(25)2)21-12-7-4-8-13-21/h3-14,16-17H,15H2,1-2H3. The molecule has 0 unspecified atom stereocenters. The van der Waals surface area contributed by atoms with Gasteiger partial charge in [-0.25, -0.2) is 0 Å². The van der Waals surface area contributed by atoms with Crippen LogP contribution in [0.2, 0.25) is 0 Å². The third-order valence-electron chi connectivity index (χ3n) is 5.50. The van der Waals surface area contributed by atoms with Gasteiger partial charge in [-0.15, -0.1) is 22.7 Å². The lowest BCUT2D eigenvalue weighted by atomic mass is 9.96. The van der Waals surface area contributed by atoms with Crippen molar-refractivity contribution in [1.82, 2.24) is 0 Å². The molecule has 142 valence electrons. The van der Waals surface area contributed by atoms with E-state index in [2.05, 4.69) is 98.8 Å². The van der Waals surface area contributed by atoms with Gasteiger partial charge in [0.05, 0.1) is 0 Å². The molecule has 0 aliphatic heterocycles. The predicted molar refractivity (Wildman–Crippen MR) is 130 cm³/mol. The Bertz CT molecular complexity index is 1220. The Hall–Kier alpha value is -2.68. The Labute approximate surface area is 180 Å². The van der Waals surface area contributed by atoms with Crippen LogP contribution in [0.15, 0.2) is 84.9 Å². The van der Waals surface area contributed by atoms with Gasteiger partial charge < -0.3 is 0 Å². The Morgan fingerprint density at radius 3 is 1.76 bits per heavy atom. The van der Waals surface area contributed by atoms with E-state index in [1.165, 1.54) is 52.9 Å². The summed E-state index contributed by atoms with van der Waals surface area (Å²) in [5.74, 6) is 0. The predicted octanol–water partition coefficient (Wildman–Crippen LogP) is 8.63. The Balaban J connectivity index is 1.59. The first-order chi connectivity index (χ1) is 14.2. The number of hydrogen-bond donors (Lipinski definition) is 0. The highest BCUT2D eigenvalue weighted by Crippen LogP contribution is 2.44. The van der Waals surface area contributed by atoms with Crippen molar-refractivity contribution in [2.75, 3.05) is 0 Å². The number of aryl methyl sites for hydroxylation is 2. The average Bonchev–Trinajstić information content (AvgIpc) is 3.47. The third kappa shape index (κ3) is 3.43. The van der Waals surface area contributed by atoms with Crippen molar-refractivity contribution in [3.63, 3.8) is 0 Å². The molecule has 0 nitrogen and oxygen atoms in total. The van der Waals surface area contributed by atoms with Gasteiger partial charge in [0, 0.05) is 19.5 Å². The van der Waals surface area contributed by atoms with Gasteiger partial charge in [-0.3, -0.25) is 0 Å². The van der Waals surface area contributed by atoms with Gasteiger partial charge in [0.25, 0.3) is 0 Å². The fourth-order valence-electron chi connectivity index (χ4n) is 4.03. The topological polar surface area (TPSA) is 0 Å². The van der Waals surface area contributed by atoms with Crippen LogP contribution in [0.3, 0.4) is 0 Å². The normalized spacial score (nSPS) is 13.4. The van der Waals surface area contributed by atoms with E-state index in [0.717, 1.165) is 6.42 Å². The highest BCUT2D eigenvalue weighted by atomic mass is 32.1. The Kier molecular flexibility index (Phi) is 4.83. The summed E-state index contributed by atoms with van der Waals surface area (Å²) in [5.41, 5.74) is 8.24. The minimum atomic E-state index is 1.01. The molecule has 0 fully saturated rings. The Morgan fingerprint density at radius 1 is 0.655 bits per heavy atom. The molecule has 0 saturated carbocycles. The minimum absolute atomic E-state index is 1.01. The van der Waals surface area contributed by atoms with Crippen molar-refractivity contribution in [3.05, 3.63) is 106 Å². The molecule has 0 atom stereocenters. The molecule has 0 N–H and O–H groups in total. The summed E-state index contributed by atoms with van der Waals surface area (Å²) in [6, 6.07) is 26.2. The molecule has 2 heterocycles.